The number of fused-ring (bicyclic) bond motifs is 1. The maximum Gasteiger partial charge on any atom is 0.377 e. The van der Waals surface area contributed by atoms with Gasteiger partial charge < -0.3 is 19.8 Å². The van der Waals surface area contributed by atoms with Crippen LogP contribution in [0.1, 0.15) is 11.1 Å². The van der Waals surface area contributed by atoms with Crippen molar-refractivity contribution in [3.05, 3.63) is 23.3 Å². The van der Waals surface area contributed by atoms with Gasteiger partial charge in [0.1, 0.15) is 0 Å². The molecule has 0 fully saturated rings. The van der Waals surface area contributed by atoms with Crippen LogP contribution in [0.15, 0.2) is 12.2 Å². The highest BCUT2D eigenvalue weighted by molar-refractivity contribution is 7.79. The highest BCUT2D eigenvalue weighted by Crippen LogP contribution is 2.35. The smallest absolute Gasteiger partial charge is 0.377 e. The van der Waals surface area contributed by atoms with Crippen molar-refractivity contribution in [2.45, 2.75) is 12.8 Å². The molecule has 0 spiro atoms. The Hall–Kier alpha value is -1.69. The lowest BCUT2D eigenvalue weighted by molar-refractivity contribution is 0.143. The van der Waals surface area contributed by atoms with Gasteiger partial charge in [-0.2, -0.15) is 0 Å². The van der Waals surface area contributed by atoms with Crippen LogP contribution >= 0.6 is 12.2 Å². The second kappa shape index (κ2) is 4.05. The molecule has 0 atom stereocenters. The number of thiocarbonyl (C=S) groups is 1. The minimum Gasteiger partial charge on any atom is -0.492 e. The summed E-state index contributed by atoms with van der Waals surface area (Å²) in [7, 11) is 1.35. The molecule has 16 heavy (non-hydrogen) atoms. The predicted molar refractivity (Wildman–Crippen MR) is 60.5 cm³/mol. The molecule has 0 aliphatic heterocycles. The van der Waals surface area contributed by atoms with Crippen molar-refractivity contribution in [2.24, 2.45) is 0 Å². The fourth-order valence-electron chi connectivity index (χ4n) is 1.64. The van der Waals surface area contributed by atoms with Crippen LogP contribution in [0, 0.1) is 0 Å². The van der Waals surface area contributed by atoms with Crippen molar-refractivity contribution in [3.8, 4) is 11.8 Å². The van der Waals surface area contributed by atoms with E-state index in [2.05, 4.69) is 4.74 Å². The fourth-order valence-corrected chi connectivity index (χ4v) is 1.72. The summed E-state index contributed by atoms with van der Waals surface area (Å²) < 4.78 is 5.53. The van der Waals surface area contributed by atoms with Gasteiger partial charge >= 0.3 is 5.24 Å². The fraction of sp³-hybridized carbons (Fsp3) is 0.300. The van der Waals surface area contributed by atoms with Gasteiger partial charge in [-0.1, -0.05) is 12.2 Å². The maximum atomic E-state index is 9.83. The van der Waals surface area contributed by atoms with Gasteiger partial charge in [0.05, 0.1) is 7.11 Å². The van der Waals surface area contributed by atoms with E-state index in [4.69, 9.17) is 17.1 Å². The van der Waals surface area contributed by atoms with Crippen molar-refractivity contribution in [2.75, 3.05) is 7.11 Å². The minimum atomic E-state index is -0.175. The molecule has 5 nitrogen and oxygen atoms in total. The summed E-state index contributed by atoms with van der Waals surface area (Å²) >= 11 is 4.69. The molecule has 0 radical (unpaired) electrons. The van der Waals surface area contributed by atoms with Crippen LogP contribution in [0.25, 0.3) is 0 Å². The van der Waals surface area contributed by atoms with E-state index in [-0.39, 0.29) is 17.0 Å². The molecule has 0 amide bonds. The zero-order chi connectivity index (χ0) is 11.7. The molecule has 0 saturated carbocycles. The van der Waals surface area contributed by atoms with E-state index in [0.717, 1.165) is 4.73 Å². The predicted octanol–water partition coefficient (Wildman–Crippen LogP) is 0.914. The topological polar surface area (TPSA) is 63.9 Å². The number of hydrogen-bond acceptors (Lipinski definition) is 5. The number of ether oxygens (including phenoxy) is 1. The lowest BCUT2D eigenvalue weighted by Crippen LogP contribution is -2.18. The molecular formula is C10H11NO4S. The first-order chi connectivity index (χ1) is 7.65. The number of hydrogen-bond donors (Lipinski definition) is 2. The Morgan fingerprint density at radius 3 is 2.19 bits per heavy atom. The summed E-state index contributed by atoms with van der Waals surface area (Å²) in [4.78, 5) is 4.98. The van der Waals surface area contributed by atoms with E-state index in [1.807, 2.05) is 12.2 Å². The molecule has 6 heteroatoms. The zero-order valence-corrected chi connectivity index (χ0v) is 9.45. The van der Waals surface area contributed by atoms with Gasteiger partial charge in [-0.05, 0) is 12.8 Å². The van der Waals surface area contributed by atoms with Crippen molar-refractivity contribution >= 4 is 17.5 Å². The Bertz CT molecular complexity index is 432. The van der Waals surface area contributed by atoms with Gasteiger partial charge in [0.25, 0.3) is 0 Å². The molecule has 1 aliphatic carbocycles. The van der Waals surface area contributed by atoms with Gasteiger partial charge in [-0.3, -0.25) is 0 Å². The van der Waals surface area contributed by atoms with Gasteiger partial charge in [-0.15, -0.1) is 4.73 Å². The third-order valence-electron chi connectivity index (χ3n) is 2.43. The quantitative estimate of drug-likeness (QED) is 0.565. The molecular weight excluding hydrogens is 230 g/mol. The average molecular weight is 241 g/mol. The van der Waals surface area contributed by atoms with Crippen LogP contribution < -0.4 is 4.84 Å². The molecule has 1 heterocycles. The molecule has 2 N–H and O–H groups in total. The summed E-state index contributed by atoms with van der Waals surface area (Å²) in [6, 6.07) is 0. The number of aromatic hydroxyl groups is 2. The van der Waals surface area contributed by atoms with Crippen LogP contribution in [-0.2, 0) is 17.6 Å². The highest BCUT2D eigenvalue weighted by atomic mass is 32.1. The molecule has 1 aromatic rings. The number of allylic oxidation sites excluding steroid dienone is 2. The van der Waals surface area contributed by atoms with Crippen molar-refractivity contribution in [1.82, 2.24) is 4.73 Å². The molecule has 86 valence electrons. The average Bonchev–Trinajstić information content (AvgIpc) is 2.55. The normalized spacial score (nSPS) is 13.3. The Morgan fingerprint density at radius 2 is 1.75 bits per heavy atom. The molecule has 0 saturated heterocycles. The highest BCUT2D eigenvalue weighted by Gasteiger charge is 2.24. The first-order valence-corrected chi connectivity index (χ1v) is 5.11. The Kier molecular flexibility index (Phi) is 2.74. The summed E-state index contributed by atoms with van der Waals surface area (Å²) in [6.07, 6.45) is 4.95. The minimum absolute atomic E-state index is 0.142. The number of rotatable bonds is 1. The number of methoxy groups -OCH3 is 1. The van der Waals surface area contributed by atoms with Gasteiger partial charge in [0.15, 0.2) is 0 Å². The van der Waals surface area contributed by atoms with Gasteiger partial charge in [0, 0.05) is 23.3 Å². The first-order valence-electron chi connectivity index (χ1n) is 4.70. The van der Waals surface area contributed by atoms with E-state index >= 15 is 0 Å². The summed E-state index contributed by atoms with van der Waals surface area (Å²) in [5, 5.41) is 19.5. The van der Waals surface area contributed by atoms with Crippen LogP contribution in [0.3, 0.4) is 0 Å². The lowest BCUT2D eigenvalue weighted by atomic mass is 10.0. The van der Waals surface area contributed by atoms with E-state index < -0.39 is 0 Å². The van der Waals surface area contributed by atoms with Crippen LogP contribution in [0.4, 0.5) is 0 Å². The standard InChI is InChI=1S/C10H11NO4S/c1-14-10(16)15-11-8(12)6-4-2-3-5-7(6)9(11)13/h2-3,12-13H,4-5H2,1H3. The van der Waals surface area contributed by atoms with Crippen LogP contribution in [0.2, 0.25) is 0 Å². The van der Waals surface area contributed by atoms with Crippen molar-refractivity contribution < 1.29 is 19.8 Å². The second-order valence-corrected chi connectivity index (χ2v) is 3.66. The largest absolute Gasteiger partial charge is 0.492 e. The molecule has 0 aromatic carbocycles. The monoisotopic (exact) mass is 241 g/mol. The first kappa shape index (κ1) is 10.8. The third kappa shape index (κ3) is 1.61. The molecule has 1 aromatic heterocycles. The van der Waals surface area contributed by atoms with E-state index in [1.54, 1.807) is 0 Å². The third-order valence-corrected chi connectivity index (χ3v) is 2.67. The number of nitrogens with zero attached hydrogens (tertiary/aromatic N) is 1. The van der Waals surface area contributed by atoms with Crippen LogP contribution in [0.5, 0.6) is 11.8 Å². The van der Waals surface area contributed by atoms with Gasteiger partial charge in [-0.25, -0.2) is 0 Å². The Morgan fingerprint density at radius 1 is 1.25 bits per heavy atom. The summed E-state index contributed by atoms with van der Waals surface area (Å²) in [5.41, 5.74) is 1.30. The lowest BCUT2D eigenvalue weighted by Gasteiger charge is -2.07. The Balaban J connectivity index is 2.39. The maximum absolute atomic E-state index is 9.83. The number of aromatic nitrogens is 1. The SMILES string of the molecule is COC(=S)On1c(O)c2c(c1O)CC=CC2. The van der Waals surface area contributed by atoms with Crippen LogP contribution in [-0.4, -0.2) is 27.3 Å². The molecule has 1 aliphatic rings. The molecule has 0 unspecified atom stereocenters. The zero-order valence-electron chi connectivity index (χ0n) is 8.64. The molecule has 0 bridgehead atoms. The van der Waals surface area contributed by atoms with E-state index in [9.17, 15) is 10.2 Å². The second-order valence-electron chi connectivity index (χ2n) is 3.32. The van der Waals surface area contributed by atoms with Gasteiger partial charge in [0.2, 0.25) is 11.8 Å². The van der Waals surface area contributed by atoms with Crippen molar-refractivity contribution in [1.29, 1.82) is 0 Å². The van der Waals surface area contributed by atoms with Crippen molar-refractivity contribution in [3.63, 3.8) is 0 Å². The Labute approximate surface area is 97.5 Å². The van der Waals surface area contributed by atoms with E-state index in [1.165, 1.54) is 7.11 Å². The summed E-state index contributed by atoms with van der Waals surface area (Å²) in [6.45, 7) is 0. The summed E-state index contributed by atoms with van der Waals surface area (Å²) in [5.74, 6) is -0.285. The molecule has 2 rings (SSSR count). The van der Waals surface area contributed by atoms with E-state index in [0.29, 0.717) is 24.0 Å².